The van der Waals surface area contributed by atoms with Crippen molar-refractivity contribution in [1.82, 2.24) is 24.7 Å². The average molecular weight is 453 g/mol. The van der Waals surface area contributed by atoms with Gasteiger partial charge in [-0.3, -0.25) is 4.98 Å². The van der Waals surface area contributed by atoms with Crippen molar-refractivity contribution in [3.8, 4) is 0 Å². The lowest BCUT2D eigenvalue weighted by atomic mass is 9.89. The highest BCUT2D eigenvalue weighted by molar-refractivity contribution is 5.71. The molecule has 7 nitrogen and oxygen atoms in total. The monoisotopic (exact) mass is 453 g/mol. The van der Waals surface area contributed by atoms with Gasteiger partial charge in [0.05, 0.1) is 29.8 Å². The fourth-order valence-electron chi connectivity index (χ4n) is 4.71. The topological polar surface area (TPSA) is 63.0 Å². The van der Waals surface area contributed by atoms with Crippen LogP contribution in [0.15, 0.2) is 30.9 Å². The Morgan fingerprint density at radius 1 is 1.03 bits per heavy atom. The molecule has 0 amide bonds. The molecular weight excluding hydrogens is 433 g/mol. The molecule has 5 rings (SSSR count). The van der Waals surface area contributed by atoms with E-state index in [1.807, 2.05) is 4.90 Å². The van der Waals surface area contributed by atoms with Crippen molar-refractivity contribution < 1.29 is 22.0 Å². The molecule has 2 fully saturated rings. The summed E-state index contributed by atoms with van der Waals surface area (Å²) < 4.78 is 67.1. The Bertz CT molecular complexity index is 1120. The third-order valence-corrected chi connectivity index (χ3v) is 6.21. The number of nitrogens with zero attached hydrogens (tertiary/aromatic N) is 7. The maximum Gasteiger partial charge on any atom is 0.418 e. The van der Waals surface area contributed by atoms with Crippen molar-refractivity contribution in [2.24, 2.45) is 11.8 Å². The predicted molar refractivity (Wildman–Crippen MR) is 107 cm³/mol. The van der Waals surface area contributed by atoms with Crippen LogP contribution < -0.4 is 9.80 Å². The molecule has 170 valence electrons. The summed E-state index contributed by atoms with van der Waals surface area (Å²) in [6.45, 7) is 1.73. The molecule has 0 N–H and O–H groups in total. The number of halogens is 5. The van der Waals surface area contributed by atoms with Gasteiger partial charge < -0.3 is 9.80 Å². The van der Waals surface area contributed by atoms with Gasteiger partial charge in [-0.15, -0.1) is 0 Å². The Kier molecular flexibility index (Phi) is 5.09. The summed E-state index contributed by atoms with van der Waals surface area (Å²) >= 11 is 0. The second-order valence-corrected chi connectivity index (χ2v) is 8.21. The van der Waals surface area contributed by atoms with Crippen LogP contribution in [0, 0.1) is 11.8 Å². The van der Waals surface area contributed by atoms with Crippen LogP contribution in [-0.2, 0) is 12.7 Å². The molecule has 0 spiro atoms. The summed E-state index contributed by atoms with van der Waals surface area (Å²) in [6, 6.07) is 1.01. The molecule has 2 aliphatic rings. The summed E-state index contributed by atoms with van der Waals surface area (Å²) in [6.07, 6.45) is -0.776. The second-order valence-electron chi connectivity index (χ2n) is 8.21. The number of hydrogen-bond donors (Lipinski definition) is 0. The zero-order chi connectivity index (χ0) is 22.5. The van der Waals surface area contributed by atoms with E-state index in [1.165, 1.54) is 12.4 Å². The van der Waals surface area contributed by atoms with Crippen molar-refractivity contribution in [1.29, 1.82) is 0 Å². The lowest BCUT2D eigenvalue weighted by Gasteiger charge is -2.34. The van der Waals surface area contributed by atoms with E-state index in [1.54, 1.807) is 11.1 Å². The second kappa shape index (κ2) is 7.82. The van der Waals surface area contributed by atoms with Crippen LogP contribution in [0.2, 0.25) is 0 Å². The van der Waals surface area contributed by atoms with Crippen molar-refractivity contribution >= 4 is 22.7 Å². The number of fused-ring (bicyclic) bond motifs is 2. The van der Waals surface area contributed by atoms with Crippen LogP contribution >= 0.6 is 0 Å². The van der Waals surface area contributed by atoms with Crippen LogP contribution in [-0.4, -0.2) is 57.3 Å². The van der Waals surface area contributed by atoms with Gasteiger partial charge >= 0.3 is 6.18 Å². The highest BCUT2D eigenvalue weighted by Crippen LogP contribution is 2.40. The minimum atomic E-state index is -4.44. The molecule has 2 saturated heterocycles. The van der Waals surface area contributed by atoms with Crippen LogP contribution in [0.4, 0.5) is 33.5 Å². The van der Waals surface area contributed by atoms with Gasteiger partial charge in [-0.1, -0.05) is 0 Å². The molecule has 32 heavy (non-hydrogen) atoms. The Morgan fingerprint density at radius 2 is 1.81 bits per heavy atom. The van der Waals surface area contributed by atoms with Crippen LogP contribution in [0.25, 0.3) is 11.2 Å². The quantitative estimate of drug-likeness (QED) is 0.564. The van der Waals surface area contributed by atoms with Gasteiger partial charge in [0.25, 0.3) is 6.43 Å². The minimum Gasteiger partial charge on any atom is -0.369 e. The summed E-state index contributed by atoms with van der Waals surface area (Å²) in [4.78, 5) is 16.5. The van der Waals surface area contributed by atoms with Gasteiger partial charge in [0.1, 0.15) is 17.9 Å². The molecule has 2 atom stereocenters. The number of anilines is 2. The average Bonchev–Trinajstić information content (AvgIpc) is 3.36. The van der Waals surface area contributed by atoms with Gasteiger partial charge in [0, 0.05) is 32.4 Å². The standard InChI is InChI=1S/C20H20F5N7/c21-17(22)11-32-19-15(5-28-32)27-7-18(29-19)30-4-2-12-8-31(10-13(12)9-30)16-6-26-3-1-14(16)20(23,24)25/h1,3,5-7,12-13,17H,2,4,8-11H2/t12-,13+/m1/s1. The molecule has 0 saturated carbocycles. The van der Waals surface area contributed by atoms with Crippen LogP contribution in [0.5, 0.6) is 0 Å². The summed E-state index contributed by atoms with van der Waals surface area (Å²) in [5.41, 5.74) is 0.167. The van der Waals surface area contributed by atoms with Crippen molar-refractivity contribution in [2.75, 3.05) is 36.0 Å². The zero-order valence-corrected chi connectivity index (χ0v) is 16.9. The molecule has 3 aromatic rings. The highest BCUT2D eigenvalue weighted by Gasteiger charge is 2.41. The SMILES string of the molecule is FC(F)Cn1ncc2ncc(N3CC[C@@H]4CN(c5cnccc5C(F)(F)F)C[C@@H]4C3)nc21. The number of piperidine rings is 1. The Balaban J connectivity index is 1.35. The normalized spacial score (nSPS) is 21.6. The van der Waals surface area contributed by atoms with Crippen molar-refractivity contribution in [3.63, 3.8) is 0 Å². The Hall–Kier alpha value is -3.05. The fraction of sp³-hybridized carbons (Fsp3) is 0.500. The molecule has 0 radical (unpaired) electrons. The molecule has 0 aliphatic carbocycles. The van der Waals surface area contributed by atoms with Gasteiger partial charge in [-0.05, 0) is 24.3 Å². The summed E-state index contributed by atoms with van der Waals surface area (Å²) in [5, 5.41) is 3.94. The molecule has 2 aliphatic heterocycles. The van der Waals surface area contributed by atoms with E-state index in [-0.39, 0.29) is 17.5 Å². The van der Waals surface area contributed by atoms with E-state index in [4.69, 9.17) is 0 Å². The van der Waals surface area contributed by atoms with Crippen molar-refractivity contribution in [2.45, 2.75) is 25.6 Å². The summed E-state index contributed by atoms with van der Waals surface area (Å²) in [7, 11) is 0. The van der Waals surface area contributed by atoms with E-state index in [2.05, 4.69) is 20.1 Å². The van der Waals surface area contributed by atoms with E-state index >= 15 is 0 Å². The maximum absolute atomic E-state index is 13.4. The molecule has 5 heterocycles. The van der Waals surface area contributed by atoms with E-state index < -0.39 is 24.7 Å². The van der Waals surface area contributed by atoms with E-state index in [0.717, 1.165) is 23.4 Å². The minimum absolute atomic E-state index is 0.109. The highest BCUT2D eigenvalue weighted by atomic mass is 19.4. The zero-order valence-electron chi connectivity index (χ0n) is 16.9. The first-order chi connectivity index (χ1) is 15.3. The van der Waals surface area contributed by atoms with Gasteiger partial charge in [-0.25, -0.2) is 23.4 Å². The molecule has 0 aromatic carbocycles. The van der Waals surface area contributed by atoms with Gasteiger partial charge in [0.2, 0.25) is 0 Å². The number of alkyl halides is 5. The predicted octanol–water partition coefficient (Wildman–Crippen LogP) is 3.47. The first-order valence-corrected chi connectivity index (χ1v) is 10.3. The third-order valence-electron chi connectivity index (χ3n) is 6.21. The third kappa shape index (κ3) is 3.82. The first-order valence-electron chi connectivity index (χ1n) is 10.3. The molecule has 0 bridgehead atoms. The van der Waals surface area contributed by atoms with Crippen molar-refractivity contribution in [3.05, 3.63) is 36.4 Å². The molecule has 12 heteroatoms. The number of rotatable bonds is 4. The first kappa shape index (κ1) is 20.8. The largest absolute Gasteiger partial charge is 0.418 e. The molecule has 3 aromatic heterocycles. The van der Waals surface area contributed by atoms with Gasteiger partial charge in [0.15, 0.2) is 5.65 Å². The molecular formula is C20H20F5N7. The lowest BCUT2D eigenvalue weighted by Crippen LogP contribution is -2.40. The lowest BCUT2D eigenvalue weighted by molar-refractivity contribution is -0.137. The van der Waals surface area contributed by atoms with Gasteiger partial charge in [-0.2, -0.15) is 18.3 Å². The van der Waals surface area contributed by atoms with Crippen LogP contribution in [0.3, 0.4) is 0 Å². The summed E-state index contributed by atoms with van der Waals surface area (Å²) in [5.74, 6) is 0.963. The Morgan fingerprint density at radius 3 is 2.59 bits per heavy atom. The van der Waals surface area contributed by atoms with E-state index in [0.29, 0.717) is 43.2 Å². The Labute approximate surface area is 179 Å². The van der Waals surface area contributed by atoms with E-state index in [9.17, 15) is 22.0 Å². The molecule has 0 unspecified atom stereocenters. The van der Waals surface area contributed by atoms with Crippen LogP contribution in [0.1, 0.15) is 12.0 Å². The number of aromatic nitrogens is 5. The fourth-order valence-corrected chi connectivity index (χ4v) is 4.71. The number of pyridine rings is 1. The number of hydrogen-bond acceptors (Lipinski definition) is 6. The smallest absolute Gasteiger partial charge is 0.369 e. The maximum atomic E-state index is 13.4.